The number of unbranched alkanes of at least 4 members (excludes halogenated alkanes) is 2. The van der Waals surface area contributed by atoms with Gasteiger partial charge < -0.3 is 13.9 Å². The third-order valence-corrected chi connectivity index (χ3v) is 8.04. The zero-order valence-electron chi connectivity index (χ0n) is 21.1. The second-order valence-corrected chi connectivity index (χ2v) is 10.8. The van der Waals surface area contributed by atoms with Gasteiger partial charge in [-0.3, -0.25) is 14.5 Å². The Morgan fingerprint density at radius 3 is 2.63 bits per heavy atom. The molecule has 0 N–H and O–H groups in total. The van der Waals surface area contributed by atoms with Crippen LogP contribution in [0, 0.1) is 6.92 Å². The van der Waals surface area contributed by atoms with E-state index >= 15 is 0 Å². The Bertz CT molecular complexity index is 1590. The van der Waals surface area contributed by atoms with E-state index in [1.807, 2.05) is 24.3 Å². The zero-order chi connectivity index (χ0) is 27.0. The summed E-state index contributed by atoms with van der Waals surface area (Å²) in [6, 6.07) is 11.6. The maximum Gasteiger partial charge on any atom is 0.350 e. The molecule has 1 aliphatic rings. The maximum absolute atomic E-state index is 13.8. The van der Waals surface area contributed by atoms with Gasteiger partial charge in [0.15, 0.2) is 10.6 Å². The van der Waals surface area contributed by atoms with E-state index in [9.17, 15) is 14.4 Å². The van der Waals surface area contributed by atoms with Gasteiger partial charge in [0.05, 0.1) is 36.4 Å². The molecule has 2 aromatic carbocycles. The molecule has 0 saturated heterocycles. The minimum atomic E-state index is -0.803. The predicted molar refractivity (Wildman–Crippen MR) is 148 cm³/mol. The summed E-state index contributed by atoms with van der Waals surface area (Å²) in [5.41, 5.74) is 1.36. The molecule has 0 aliphatic carbocycles. The molecule has 10 heteroatoms. The van der Waals surface area contributed by atoms with Crippen LogP contribution in [0.5, 0.6) is 5.75 Å². The van der Waals surface area contributed by atoms with E-state index in [-0.39, 0.29) is 26.8 Å². The van der Waals surface area contributed by atoms with Crippen molar-refractivity contribution in [2.75, 3.05) is 18.6 Å². The summed E-state index contributed by atoms with van der Waals surface area (Å²) in [6.07, 6.45) is 3.16. The van der Waals surface area contributed by atoms with Gasteiger partial charge in [-0.25, -0.2) is 9.78 Å². The fourth-order valence-electron chi connectivity index (χ4n) is 4.51. The first-order chi connectivity index (χ1) is 18.3. The van der Waals surface area contributed by atoms with Crippen LogP contribution in [0.4, 0.5) is 5.13 Å². The number of esters is 1. The molecule has 1 aliphatic heterocycles. The molecule has 4 aromatic rings. The van der Waals surface area contributed by atoms with Crippen molar-refractivity contribution >= 4 is 55.2 Å². The minimum absolute atomic E-state index is 0.0396. The van der Waals surface area contributed by atoms with E-state index < -0.39 is 17.9 Å². The number of benzene rings is 2. The van der Waals surface area contributed by atoms with Crippen LogP contribution in [-0.2, 0) is 4.74 Å². The van der Waals surface area contributed by atoms with E-state index in [2.05, 4.69) is 27.8 Å². The Labute approximate surface area is 231 Å². The summed E-state index contributed by atoms with van der Waals surface area (Å²) in [5, 5.41) is 0.632. The van der Waals surface area contributed by atoms with Gasteiger partial charge in [0.2, 0.25) is 5.76 Å². The molecule has 0 radical (unpaired) electrons. The van der Waals surface area contributed by atoms with Gasteiger partial charge in [0.25, 0.3) is 5.91 Å². The van der Waals surface area contributed by atoms with Crippen molar-refractivity contribution in [1.29, 1.82) is 0 Å². The number of thiazole rings is 1. The van der Waals surface area contributed by atoms with E-state index in [0.29, 0.717) is 34.6 Å². The van der Waals surface area contributed by atoms with Gasteiger partial charge in [0, 0.05) is 4.47 Å². The van der Waals surface area contributed by atoms with Crippen LogP contribution in [0.2, 0.25) is 0 Å². The third kappa shape index (κ3) is 4.63. The number of carbonyl (C=O) groups is 2. The van der Waals surface area contributed by atoms with E-state index in [1.54, 1.807) is 25.1 Å². The van der Waals surface area contributed by atoms with Crippen molar-refractivity contribution in [3.05, 3.63) is 84.6 Å². The molecule has 1 atom stereocenters. The van der Waals surface area contributed by atoms with Crippen molar-refractivity contribution in [2.24, 2.45) is 0 Å². The molecule has 0 fully saturated rings. The van der Waals surface area contributed by atoms with Crippen LogP contribution in [0.25, 0.3) is 11.0 Å². The molecule has 38 heavy (non-hydrogen) atoms. The second kappa shape index (κ2) is 10.7. The van der Waals surface area contributed by atoms with Crippen molar-refractivity contribution in [1.82, 2.24) is 4.98 Å². The maximum atomic E-state index is 13.8. The Morgan fingerprint density at radius 2 is 1.92 bits per heavy atom. The molecule has 2 aromatic heterocycles. The zero-order valence-corrected chi connectivity index (χ0v) is 23.5. The van der Waals surface area contributed by atoms with Crippen molar-refractivity contribution in [2.45, 2.75) is 39.2 Å². The smallest absolute Gasteiger partial charge is 0.350 e. The summed E-state index contributed by atoms with van der Waals surface area (Å²) in [5.74, 6) is -0.381. The molecule has 196 valence electrons. The largest absolute Gasteiger partial charge is 0.494 e. The quantitative estimate of drug-likeness (QED) is 0.171. The van der Waals surface area contributed by atoms with Gasteiger partial charge >= 0.3 is 5.97 Å². The summed E-state index contributed by atoms with van der Waals surface area (Å²) < 4.78 is 17.5. The molecule has 0 bridgehead atoms. The van der Waals surface area contributed by atoms with Gasteiger partial charge in [-0.1, -0.05) is 59.2 Å². The molecule has 1 amide bonds. The Kier molecular flexibility index (Phi) is 7.36. The molecule has 1 unspecified atom stereocenters. The van der Waals surface area contributed by atoms with Crippen molar-refractivity contribution < 1.29 is 23.5 Å². The summed E-state index contributed by atoms with van der Waals surface area (Å²) in [6.45, 7) is 4.43. The molecule has 5 rings (SSSR count). The molecule has 0 saturated carbocycles. The van der Waals surface area contributed by atoms with Crippen LogP contribution in [0.1, 0.15) is 69.3 Å². The molecular formula is C28H25BrN2O6S. The van der Waals surface area contributed by atoms with E-state index in [0.717, 1.165) is 35.1 Å². The number of hydrogen-bond donors (Lipinski definition) is 0. The van der Waals surface area contributed by atoms with Crippen LogP contribution in [0.3, 0.4) is 0 Å². The summed E-state index contributed by atoms with van der Waals surface area (Å²) >= 11 is 4.45. The number of fused-ring (bicyclic) bond motifs is 2. The lowest BCUT2D eigenvalue weighted by Gasteiger charge is -2.22. The van der Waals surface area contributed by atoms with Crippen LogP contribution >= 0.6 is 27.3 Å². The number of amides is 1. The molecular weight excluding hydrogens is 572 g/mol. The highest BCUT2D eigenvalue weighted by atomic mass is 79.9. The van der Waals surface area contributed by atoms with E-state index in [4.69, 9.17) is 13.9 Å². The number of aromatic nitrogens is 1. The van der Waals surface area contributed by atoms with Gasteiger partial charge in [-0.05, 0) is 49.2 Å². The number of halogens is 1. The van der Waals surface area contributed by atoms with Crippen molar-refractivity contribution in [3.8, 4) is 5.75 Å². The monoisotopic (exact) mass is 596 g/mol. The van der Waals surface area contributed by atoms with Crippen LogP contribution in [0.15, 0.2) is 56.1 Å². The highest BCUT2D eigenvalue weighted by molar-refractivity contribution is 9.10. The lowest BCUT2D eigenvalue weighted by Crippen LogP contribution is -2.29. The lowest BCUT2D eigenvalue weighted by atomic mass is 9.98. The number of anilines is 1. The first-order valence-electron chi connectivity index (χ1n) is 12.2. The SMILES string of the molecule is CCCCCOc1ccc(C2c3c(oc4ccc(Br)cc4c3=O)C(=O)N2c2nc(C)c(C(=O)OC)s2)cc1. The van der Waals surface area contributed by atoms with E-state index in [1.165, 1.54) is 12.0 Å². The normalized spacial score (nSPS) is 14.7. The van der Waals surface area contributed by atoms with Gasteiger partial charge in [-0.15, -0.1) is 0 Å². The number of aryl methyl sites for hydroxylation is 1. The number of methoxy groups -OCH3 is 1. The Morgan fingerprint density at radius 1 is 1.16 bits per heavy atom. The first kappa shape index (κ1) is 26.1. The number of carbonyl (C=O) groups excluding carboxylic acids is 2. The topological polar surface area (TPSA) is 98.9 Å². The lowest BCUT2D eigenvalue weighted by molar-refractivity contribution is 0.0605. The third-order valence-electron chi connectivity index (χ3n) is 6.41. The molecule has 8 nitrogen and oxygen atoms in total. The summed E-state index contributed by atoms with van der Waals surface area (Å²) in [4.78, 5) is 46.1. The Hall–Kier alpha value is -3.50. The number of rotatable bonds is 8. The second-order valence-electron chi connectivity index (χ2n) is 8.92. The number of hydrogen-bond acceptors (Lipinski definition) is 8. The van der Waals surface area contributed by atoms with Crippen molar-refractivity contribution in [3.63, 3.8) is 0 Å². The van der Waals surface area contributed by atoms with Gasteiger partial charge in [0.1, 0.15) is 16.2 Å². The summed E-state index contributed by atoms with van der Waals surface area (Å²) in [7, 11) is 1.29. The van der Waals surface area contributed by atoms with Gasteiger partial charge in [-0.2, -0.15) is 0 Å². The average Bonchev–Trinajstić information content (AvgIpc) is 3.44. The fourth-order valence-corrected chi connectivity index (χ4v) is 5.89. The predicted octanol–water partition coefficient (Wildman–Crippen LogP) is 6.43. The molecule has 3 heterocycles. The molecule has 0 spiro atoms. The van der Waals surface area contributed by atoms with Crippen LogP contribution in [-0.4, -0.2) is 30.6 Å². The fraction of sp³-hybridized carbons (Fsp3) is 0.286. The highest BCUT2D eigenvalue weighted by Crippen LogP contribution is 2.43. The average molecular weight is 597 g/mol. The number of ether oxygens (including phenoxy) is 2. The highest BCUT2D eigenvalue weighted by Gasteiger charge is 2.45. The minimum Gasteiger partial charge on any atom is -0.494 e. The Balaban J connectivity index is 1.64. The number of nitrogens with zero attached hydrogens (tertiary/aromatic N) is 2. The van der Waals surface area contributed by atoms with Crippen LogP contribution < -0.4 is 15.1 Å². The first-order valence-corrected chi connectivity index (χ1v) is 13.8. The standard InChI is InChI=1S/C28H25BrN2O6S/c1-4-5-6-13-36-18-10-7-16(8-11-18)22-21-23(32)19-14-17(29)9-12-20(19)37-24(21)26(33)31(22)28-30-15(2)25(38-28)27(34)35-3/h7-12,14,22H,4-6,13H2,1-3H3.